The van der Waals surface area contributed by atoms with Crippen LogP contribution in [0.4, 0.5) is 0 Å². The van der Waals surface area contributed by atoms with Crippen molar-refractivity contribution in [2.45, 2.75) is 26.2 Å². The number of hydrogen-bond donors (Lipinski definition) is 1. The molecule has 13 heavy (non-hydrogen) atoms. The summed E-state index contributed by atoms with van der Waals surface area (Å²) in [5, 5.41) is 2.48. The quantitative estimate of drug-likeness (QED) is 0.556. The molecule has 0 aromatic carbocycles. The number of hydrogen-bond acceptors (Lipinski definition) is 2. The molecule has 2 saturated carbocycles. The lowest BCUT2D eigenvalue weighted by molar-refractivity contribution is -0.130. The third-order valence-corrected chi connectivity index (χ3v) is 4.45. The van der Waals surface area contributed by atoms with Crippen LogP contribution in [-0.4, -0.2) is 11.8 Å². The van der Waals surface area contributed by atoms with Crippen LogP contribution < -0.4 is 5.32 Å². The summed E-state index contributed by atoms with van der Waals surface area (Å²) in [5.74, 6) is 0.920. The average Bonchev–Trinajstić information content (AvgIpc) is 2.66. The number of carbonyl (C=O) groups is 2. The molecule has 1 aliphatic heterocycles. The van der Waals surface area contributed by atoms with Crippen LogP contribution >= 0.6 is 0 Å². The normalized spacial score (nSPS) is 52.5. The van der Waals surface area contributed by atoms with Crippen LogP contribution in [0.3, 0.4) is 0 Å². The van der Waals surface area contributed by atoms with Gasteiger partial charge in [0.15, 0.2) is 0 Å². The van der Waals surface area contributed by atoms with Crippen molar-refractivity contribution in [2.75, 3.05) is 0 Å². The highest BCUT2D eigenvalue weighted by atomic mass is 16.2. The van der Waals surface area contributed by atoms with Crippen LogP contribution in [0.5, 0.6) is 0 Å². The van der Waals surface area contributed by atoms with Crippen molar-refractivity contribution in [1.29, 1.82) is 0 Å². The lowest BCUT2D eigenvalue weighted by Gasteiger charge is -2.30. The Labute approximate surface area is 76.9 Å². The fourth-order valence-corrected chi connectivity index (χ4v) is 3.74. The molecule has 4 atom stereocenters. The minimum atomic E-state index is -0.347. The lowest BCUT2D eigenvalue weighted by atomic mass is 9.69. The molecule has 1 N–H and O–H groups in total. The average molecular weight is 179 g/mol. The molecule has 2 bridgehead atoms. The van der Waals surface area contributed by atoms with Gasteiger partial charge >= 0.3 is 0 Å². The van der Waals surface area contributed by atoms with E-state index in [4.69, 9.17) is 0 Å². The van der Waals surface area contributed by atoms with Crippen LogP contribution in [0.15, 0.2) is 0 Å². The molecule has 0 aromatic heterocycles. The van der Waals surface area contributed by atoms with Gasteiger partial charge in [-0.05, 0) is 38.0 Å². The fourth-order valence-electron chi connectivity index (χ4n) is 3.74. The summed E-state index contributed by atoms with van der Waals surface area (Å²) in [6.45, 7) is 1.97. The molecule has 3 heteroatoms. The van der Waals surface area contributed by atoms with Crippen molar-refractivity contribution < 1.29 is 9.59 Å². The summed E-state index contributed by atoms with van der Waals surface area (Å²) in [4.78, 5) is 23.2. The van der Waals surface area contributed by atoms with Crippen LogP contribution in [0.25, 0.3) is 0 Å². The smallest absolute Gasteiger partial charge is 0.233 e. The Morgan fingerprint density at radius 2 is 2.15 bits per heavy atom. The van der Waals surface area contributed by atoms with Crippen LogP contribution in [0.1, 0.15) is 26.2 Å². The molecule has 3 rings (SSSR count). The molecule has 1 heterocycles. The van der Waals surface area contributed by atoms with Gasteiger partial charge in [-0.2, -0.15) is 0 Å². The summed E-state index contributed by atoms with van der Waals surface area (Å²) in [6.07, 6.45) is 3.38. The Bertz CT molecular complexity index is 312. The van der Waals surface area contributed by atoms with Crippen molar-refractivity contribution in [3.05, 3.63) is 0 Å². The Morgan fingerprint density at radius 3 is 2.85 bits per heavy atom. The first-order valence-electron chi connectivity index (χ1n) is 4.99. The van der Waals surface area contributed by atoms with Gasteiger partial charge < -0.3 is 0 Å². The number of imide groups is 1. The van der Waals surface area contributed by atoms with Crippen molar-refractivity contribution in [2.24, 2.45) is 23.2 Å². The molecule has 3 fully saturated rings. The summed E-state index contributed by atoms with van der Waals surface area (Å²) < 4.78 is 0. The zero-order valence-corrected chi connectivity index (χ0v) is 7.67. The topological polar surface area (TPSA) is 46.2 Å². The van der Waals surface area contributed by atoms with E-state index in [2.05, 4.69) is 5.32 Å². The molecule has 3 aliphatic rings. The number of rotatable bonds is 0. The first-order chi connectivity index (χ1) is 6.14. The summed E-state index contributed by atoms with van der Waals surface area (Å²) in [7, 11) is 0. The van der Waals surface area contributed by atoms with E-state index in [9.17, 15) is 9.59 Å². The van der Waals surface area contributed by atoms with Crippen LogP contribution in [0.2, 0.25) is 0 Å². The highest BCUT2D eigenvalue weighted by molar-refractivity contribution is 6.08. The zero-order chi connectivity index (χ0) is 9.22. The fraction of sp³-hybridized carbons (Fsp3) is 0.800. The van der Waals surface area contributed by atoms with E-state index >= 15 is 0 Å². The molecule has 3 nitrogen and oxygen atoms in total. The molecule has 2 amide bonds. The van der Waals surface area contributed by atoms with E-state index in [0.29, 0.717) is 11.8 Å². The van der Waals surface area contributed by atoms with Gasteiger partial charge in [-0.15, -0.1) is 0 Å². The first-order valence-corrected chi connectivity index (χ1v) is 4.99. The van der Waals surface area contributed by atoms with Gasteiger partial charge in [-0.1, -0.05) is 0 Å². The van der Waals surface area contributed by atoms with Crippen LogP contribution in [-0.2, 0) is 9.59 Å². The van der Waals surface area contributed by atoms with Crippen LogP contribution in [0, 0.1) is 23.2 Å². The van der Waals surface area contributed by atoms with E-state index in [-0.39, 0.29) is 23.1 Å². The Kier molecular flexibility index (Phi) is 1.14. The minimum Gasteiger partial charge on any atom is -0.296 e. The largest absolute Gasteiger partial charge is 0.296 e. The highest BCUT2D eigenvalue weighted by Gasteiger charge is 2.65. The second kappa shape index (κ2) is 1.97. The van der Waals surface area contributed by atoms with Gasteiger partial charge in [0.2, 0.25) is 11.8 Å². The van der Waals surface area contributed by atoms with E-state index in [1.807, 2.05) is 6.92 Å². The molecule has 1 saturated heterocycles. The molecule has 2 aliphatic carbocycles. The first kappa shape index (κ1) is 7.54. The second-order valence-corrected chi connectivity index (χ2v) is 4.85. The standard InChI is InChI=1S/C10H13NO2/c1-10-6-3-2-5(4-6)7(10)8(12)11-9(10)13/h5-7H,2-4H2,1H3,(H,11,12,13)/t5-,6-,7-,10-/m0/s1. The molecular formula is C10H13NO2. The Morgan fingerprint density at radius 1 is 1.38 bits per heavy atom. The van der Waals surface area contributed by atoms with Gasteiger partial charge in [0.1, 0.15) is 0 Å². The summed E-state index contributed by atoms with van der Waals surface area (Å²) in [6, 6.07) is 0. The maximum Gasteiger partial charge on any atom is 0.233 e. The van der Waals surface area contributed by atoms with Crippen molar-refractivity contribution in [1.82, 2.24) is 5.32 Å². The van der Waals surface area contributed by atoms with Crippen molar-refractivity contribution in [3.63, 3.8) is 0 Å². The number of amides is 2. The maximum atomic E-state index is 11.6. The summed E-state index contributed by atoms with van der Waals surface area (Å²) >= 11 is 0. The van der Waals surface area contributed by atoms with Gasteiger partial charge in [-0.25, -0.2) is 0 Å². The minimum absolute atomic E-state index is 0.00116. The van der Waals surface area contributed by atoms with E-state index in [1.54, 1.807) is 0 Å². The lowest BCUT2D eigenvalue weighted by Crippen LogP contribution is -2.37. The number of fused-ring (bicyclic) bond motifs is 5. The maximum absolute atomic E-state index is 11.6. The third-order valence-electron chi connectivity index (χ3n) is 4.45. The Balaban J connectivity index is 2.12. The number of carbonyl (C=O) groups excluding carboxylic acids is 2. The molecule has 0 spiro atoms. The number of nitrogens with one attached hydrogen (secondary N) is 1. The van der Waals surface area contributed by atoms with E-state index in [0.717, 1.165) is 19.3 Å². The van der Waals surface area contributed by atoms with E-state index in [1.165, 1.54) is 0 Å². The van der Waals surface area contributed by atoms with Crippen molar-refractivity contribution >= 4 is 11.8 Å². The third kappa shape index (κ3) is 0.640. The predicted octanol–water partition coefficient (Wildman–Crippen LogP) is 0.695. The molecule has 70 valence electrons. The van der Waals surface area contributed by atoms with E-state index < -0.39 is 0 Å². The second-order valence-electron chi connectivity index (χ2n) is 4.85. The van der Waals surface area contributed by atoms with Gasteiger partial charge in [-0.3, -0.25) is 14.9 Å². The van der Waals surface area contributed by atoms with Gasteiger partial charge in [0.05, 0.1) is 11.3 Å². The van der Waals surface area contributed by atoms with Crippen molar-refractivity contribution in [3.8, 4) is 0 Å². The Hall–Kier alpha value is -0.860. The predicted molar refractivity (Wildman–Crippen MR) is 45.6 cm³/mol. The SMILES string of the molecule is C[C@@]12C(=O)NC(=O)[C@@H]1[C@H]1CC[C@H]2C1. The molecule has 0 unspecified atom stereocenters. The van der Waals surface area contributed by atoms with Gasteiger partial charge in [0.25, 0.3) is 0 Å². The zero-order valence-electron chi connectivity index (χ0n) is 7.67. The molecule has 0 aromatic rings. The summed E-state index contributed by atoms with van der Waals surface area (Å²) in [5.41, 5.74) is -0.347. The highest BCUT2D eigenvalue weighted by Crippen LogP contribution is 2.61. The molecule has 0 radical (unpaired) electrons. The van der Waals surface area contributed by atoms with Gasteiger partial charge in [0, 0.05) is 0 Å². The molecular weight excluding hydrogens is 166 g/mol. The monoisotopic (exact) mass is 179 g/mol.